The molecule has 8 heteroatoms. The molecule has 0 spiro atoms. The smallest absolute Gasteiger partial charge is 0.330 e. The zero-order chi connectivity index (χ0) is 17.5. The van der Waals surface area contributed by atoms with Gasteiger partial charge in [-0.3, -0.25) is 4.79 Å². The number of carbonyl (C=O) groups excluding carboxylic acids is 2. The Labute approximate surface area is 139 Å². The van der Waals surface area contributed by atoms with E-state index in [4.69, 9.17) is 0 Å². The number of methoxy groups -OCH3 is 1. The van der Waals surface area contributed by atoms with E-state index >= 15 is 0 Å². The maximum absolute atomic E-state index is 11.9. The van der Waals surface area contributed by atoms with Crippen LogP contribution in [0.15, 0.2) is 18.5 Å². The second kappa shape index (κ2) is 8.19. The number of carbonyl (C=O) groups is 2. The van der Waals surface area contributed by atoms with Crippen LogP contribution < -0.4 is 5.32 Å². The number of esters is 1. The highest BCUT2D eigenvalue weighted by molar-refractivity contribution is 5.81. The fraction of sp³-hybridized carbons (Fsp3) is 0.438. The molecule has 0 saturated carbocycles. The zero-order valence-electron chi connectivity index (χ0n) is 14.1. The number of aromatic nitrogens is 4. The molecule has 0 aliphatic carbocycles. The van der Waals surface area contributed by atoms with Crippen LogP contribution in [0.5, 0.6) is 0 Å². The molecule has 0 aliphatic rings. The number of aryl methyl sites for hydroxylation is 2. The van der Waals surface area contributed by atoms with Gasteiger partial charge in [0.15, 0.2) is 0 Å². The number of nitrogens with zero attached hydrogens (tertiary/aromatic N) is 4. The first kappa shape index (κ1) is 17.6. The molecule has 0 aromatic carbocycles. The van der Waals surface area contributed by atoms with Crippen molar-refractivity contribution in [3.8, 4) is 0 Å². The summed E-state index contributed by atoms with van der Waals surface area (Å²) in [6, 6.07) is 0. The summed E-state index contributed by atoms with van der Waals surface area (Å²) >= 11 is 0. The van der Waals surface area contributed by atoms with Crippen molar-refractivity contribution in [1.82, 2.24) is 24.9 Å². The summed E-state index contributed by atoms with van der Waals surface area (Å²) < 4.78 is 6.16. The molecule has 24 heavy (non-hydrogen) atoms. The molecule has 128 valence electrons. The molecule has 1 amide bonds. The second-order valence-corrected chi connectivity index (χ2v) is 5.30. The Morgan fingerprint density at radius 1 is 1.38 bits per heavy atom. The van der Waals surface area contributed by atoms with Crippen molar-refractivity contribution in [2.45, 2.75) is 33.1 Å². The van der Waals surface area contributed by atoms with E-state index in [0.717, 1.165) is 17.0 Å². The molecule has 0 radical (unpaired) electrons. The van der Waals surface area contributed by atoms with Crippen LogP contribution in [0.25, 0.3) is 5.78 Å². The van der Waals surface area contributed by atoms with Gasteiger partial charge in [0.1, 0.15) is 6.33 Å². The molecule has 2 heterocycles. The van der Waals surface area contributed by atoms with Crippen LogP contribution in [0.2, 0.25) is 0 Å². The first-order valence-electron chi connectivity index (χ1n) is 7.70. The lowest BCUT2D eigenvalue weighted by Crippen LogP contribution is -2.24. The minimum absolute atomic E-state index is 0.0426. The van der Waals surface area contributed by atoms with Gasteiger partial charge in [-0.2, -0.15) is 10.1 Å². The summed E-state index contributed by atoms with van der Waals surface area (Å²) in [5, 5.41) is 6.95. The van der Waals surface area contributed by atoms with Gasteiger partial charge in [0.05, 0.1) is 7.11 Å². The number of amides is 1. The van der Waals surface area contributed by atoms with Gasteiger partial charge >= 0.3 is 5.97 Å². The Bertz CT molecular complexity index is 766. The zero-order valence-corrected chi connectivity index (χ0v) is 14.1. The molecule has 0 unspecified atom stereocenters. The van der Waals surface area contributed by atoms with E-state index in [2.05, 4.69) is 25.1 Å². The maximum atomic E-state index is 11.9. The average Bonchev–Trinajstić information content (AvgIpc) is 3.02. The predicted octanol–water partition coefficient (Wildman–Crippen LogP) is 0.909. The number of hydrogen-bond donors (Lipinski definition) is 1. The molecule has 0 fully saturated rings. The third-order valence-corrected chi connectivity index (χ3v) is 3.68. The van der Waals surface area contributed by atoms with Crippen molar-refractivity contribution in [2.75, 3.05) is 13.7 Å². The Morgan fingerprint density at radius 2 is 2.17 bits per heavy atom. The molecule has 8 nitrogen and oxygen atoms in total. The molecule has 0 bridgehead atoms. The van der Waals surface area contributed by atoms with Crippen molar-refractivity contribution in [3.05, 3.63) is 35.4 Å². The highest BCUT2D eigenvalue weighted by Crippen LogP contribution is 2.14. The van der Waals surface area contributed by atoms with Crippen LogP contribution in [0, 0.1) is 13.8 Å². The number of fused-ring (bicyclic) bond motifs is 1. The van der Waals surface area contributed by atoms with E-state index in [-0.39, 0.29) is 5.91 Å². The van der Waals surface area contributed by atoms with Gasteiger partial charge in [0.2, 0.25) is 5.91 Å². The van der Waals surface area contributed by atoms with Gasteiger partial charge < -0.3 is 10.1 Å². The van der Waals surface area contributed by atoms with E-state index in [1.807, 2.05) is 13.8 Å². The summed E-state index contributed by atoms with van der Waals surface area (Å²) in [5.74, 6) is 0.123. The first-order chi connectivity index (χ1) is 11.5. The first-order valence-corrected chi connectivity index (χ1v) is 7.70. The lowest BCUT2D eigenvalue weighted by molar-refractivity contribution is -0.134. The third-order valence-electron chi connectivity index (χ3n) is 3.68. The van der Waals surface area contributed by atoms with Crippen LogP contribution in [0.4, 0.5) is 0 Å². The molecule has 1 N–H and O–H groups in total. The van der Waals surface area contributed by atoms with E-state index in [1.165, 1.54) is 19.5 Å². The summed E-state index contributed by atoms with van der Waals surface area (Å²) in [6.45, 7) is 4.33. The lowest BCUT2D eigenvalue weighted by atomic mass is 10.1. The fourth-order valence-electron chi connectivity index (χ4n) is 2.39. The SMILES string of the molecule is COC(=O)/C=C/CCNC(=O)CCc1c(C)nc2ncnn2c1C. The highest BCUT2D eigenvalue weighted by atomic mass is 16.5. The molecule has 0 atom stereocenters. The minimum Gasteiger partial charge on any atom is -0.466 e. The van der Waals surface area contributed by atoms with Gasteiger partial charge in [0.25, 0.3) is 5.78 Å². The van der Waals surface area contributed by atoms with Crippen molar-refractivity contribution >= 4 is 17.7 Å². The average molecular weight is 331 g/mol. The van der Waals surface area contributed by atoms with Gasteiger partial charge in [-0.15, -0.1) is 0 Å². The van der Waals surface area contributed by atoms with Crippen LogP contribution in [-0.2, 0) is 20.7 Å². The Kier molecular flexibility index (Phi) is 6.00. The summed E-state index contributed by atoms with van der Waals surface area (Å²) in [7, 11) is 1.32. The highest BCUT2D eigenvalue weighted by Gasteiger charge is 2.12. The summed E-state index contributed by atoms with van der Waals surface area (Å²) in [4.78, 5) is 31.3. The van der Waals surface area contributed by atoms with E-state index in [9.17, 15) is 9.59 Å². The minimum atomic E-state index is -0.400. The lowest BCUT2D eigenvalue weighted by Gasteiger charge is -2.10. The quantitative estimate of drug-likeness (QED) is 0.460. The molecule has 2 rings (SSSR count). The number of hydrogen-bond acceptors (Lipinski definition) is 6. The summed E-state index contributed by atoms with van der Waals surface area (Å²) in [6.07, 6.45) is 6.01. The summed E-state index contributed by atoms with van der Waals surface area (Å²) in [5.41, 5.74) is 2.82. The van der Waals surface area contributed by atoms with Gasteiger partial charge in [-0.25, -0.2) is 14.3 Å². The van der Waals surface area contributed by atoms with E-state index in [0.29, 0.717) is 31.6 Å². The van der Waals surface area contributed by atoms with Gasteiger partial charge in [0, 0.05) is 30.4 Å². The molecule has 0 saturated heterocycles. The predicted molar refractivity (Wildman–Crippen MR) is 87.4 cm³/mol. The maximum Gasteiger partial charge on any atom is 0.330 e. The van der Waals surface area contributed by atoms with Crippen molar-refractivity contribution in [1.29, 1.82) is 0 Å². The molecular formula is C16H21N5O3. The molecule has 0 aliphatic heterocycles. The Hall–Kier alpha value is -2.77. The third kappa shape index (κ3) is 4.37. The Balaban J connectivity index is 1.84. The van der Waals surface area contributed by atoms with Crippen LogP contribution in [0.3, 0.4) is 0 Å². The number of ether oxygens (including phenoxy) is 1. The fourth-order valence-corrected chi connectivity index (χ4v) is 2.39. The van der Waals surface area contributed by atoms with Crippen LogP contribution in [-0.4, -0.2) is 45.1 Å². The number of rotatable bonds is 7. The Morgan fingerprint density at radius 3 is 2.92 bits per heavy atom. The normalized spacial score (nSPS) is 11.1. The monoisotopic (exact) mass is 331 g/mol. The molecule has 2 aromatic heterocycles. The molecular weight excluding hydrogens is 310 g/mol. The van der Waals surface area contributed by atoms with Gasteiger partial charge in [-0.05, 0) is 32.3 Å². The van der Waals surface area contributed by atoms with Crippen molar-refractivity contribution in [3.63, 3.8) is 0 Å². The van der Waals surface area contributed by atoms with Crippen molar-refractivity contribution < 1.29 is 14.3 Å². The van der Waals surface area contributed by atoms with Crippen LogP contribution in [0.1, 0.15) is 29.8 Å². The van der Waals surface area contributed by atoms with E-state index < -0.39 is 5.97 Å². The van der Waals surface area contributed by atoms with Crippen LogP contribution >= 0.6 is 0 Å². The number of nitrogens with one attached hydrogen (secondary N) is 1. The van der Waals surface area contributed by atoms with Crippen molar-refractivity contribution in [2.24, 2.45) is 0 Å². The standard InChI is InChI=1S/C16H21N5O3/c1-11-13(12(2)21-16(20-11)18-10-19-21)7-8-14(22)17-9-5-4-6-15(23)24-3/h4,6,10H,5,7-9H2,1-3H3,(H,17,22)/b6-4+. The van der Waals surface area contributed by atoms with E-state index in [1.54, 1.807) is 10.6 Å². The molecule has 2 aromatic rings. The second-order valence-electron chi connectivity index (χ2n) is 5.30. The van der Waals surface area contributed by atoms with Gasteiger partial charge in [-0.1, -0.05) is 6.08 Å². The largest absolute Gasteiger partial charge is 0.466 e. The topological polar surface area (TPSA) is 98.5 Å².